The number of esters is 1. The van der Waals surface area contributed by atoms with E-state index in [0.29, 0.717) is 13.0 Å². The molecule has 1 heterocycles. The van der Waals surface area contributed by atoms with Crippen molar-refractivity contribution in [1.82, 2.24) is 4.90 Å². The molecule has 0 saturated carbocycles. The minimum absolute atomic E-state index is 0.329. The van der Waals surface area contributed by atoms with E-state index in [4.69, 9.17) is 10.3 Å². The van der Waals surface area contributed by atoms with Crippen LogP contribution >= 0.6 is 0 Å². The molecule has 1 saturated heterocycles. The van der Waals surface area contributed by atoms with E-state index in [1.54, 1.807) is 0 Å². The first-order valence-corrected chi connectivity index (χ1v) is 10.3. The quantitative estimate of drug-likeness (QED) is 0.190. The minimum atomic E-state index is -0.762. The van der Waals surface area contributed by atoms with Gasteiger partial charge in [-0.2, -0.15) is 0 Å². The first kappa shape index (κ1) is 20.7. The zero-order chi connectivity index (χ0) is 21.7. The van der Waals surface area contributed by atoms with Gasteiger partial charge in [-0.15, -0.1) is 0 Å². The predicted molar refractivity (Wildman–Crippen MR) is 119 cm³/mol. The van der Waals surface area contributed by atoms with E-state index in [0.717, 1.165) is 16.7 Å². The molecule has 3 aromatic rings. The number of azide groups is 1. The van der Waals surface area contributed by atoms with Crippen molar-refractivity contribution in [2.45, 2.75) is 24.0 Å². The van der Waals surface area contributed by atoms with Gasteiger partial charge in [0.2, 0.25) is 0 Å². The largest absolute Gasteiger partial charge is 0.468 e. The Morgan fingerprint density at radius 1 is 0.935 bits per heavy atom. The molecule has 0 radical (unpaired) electrons. The summed E-state index contributed by atoms with van der Waals surface area (Å²) in [7, 11) is 1.40. The number of methoxy groups -OCH3 is 1. The maximum atomic E-state index is 12.9. The van der Waals surface area contributed by atoms with E-state index >= 15 is 0 Å². The van der Waals surface area contributed by atoms with E-state index in [1.807, 2.05) is 54.6 Å². The maximum Gasteiger partial charge on any atom is 0.323 e. The Hall–Kier alpha value is -3.60. The van der Waals surface area contributed by atoms with E-state index in [9.17, 15) is 4.79 Å². The second-order valence-electron chi connectivity index (χ2n) is 7.59. The molecule has 1 aliphatic heterocycles. The van der Waals surface area contributed by atoms with Crippen LogP contribution in [0.25, 0.3) is 10.4 Å². The third-order valence-electron chi connectivity index (χ3n) is 5.97. The van der Waals surface area contributed by atoms with Crippen molar-refractivity contribution in [2.24, 2.45) is 5.11 Å². The predicted octanol–water partition coefficient (Wildman–Crippen LogP) is 4.90. The Morgan fingerprint density at radius 3 is 1.77 bits per heavy atom. The summed E-state index contributed by atoms with van der Waals surface area (Å²) in [4.78, 5) is 18.1. The number of ether oxygens (including phenoxy) is 1. The lowest BCUT2D eigenvalue weighted by molar-refractivity contribution is -0.147. The van der Waals surface area contributed by atoms with Gasteiger partial charge < -0.3 is 4.74 Å². The SMILES string of the molecule is COC(=O)[C@@H]1C[C@@H](N=[N+]=[N-])CN1C(c1ccccc1)(c1ccccc1)c1ccccc1. The Kier molecular flexibility index (Phi) is 6.03. The van der Waals surface area contributed by atoms with Gasteiger partial charge >= 0.3 is 5.97 Å². The highest BCUT2D eigenvalue weighted by Crippen LogP contribution is 2.46. The lowest BCUT2D eigenvalue weighted by Gasteiger charge is -2.46. The van der Waals surface area contributed by atoms with Crippen LogP contribution < -0.4 is 0 Å². The highest BCUT2D eigenvalue weighted by molar-refractivity contribution is 5.77. The number of rotatable bonds is 6. The molecule has 31 heavy (non-hydrogen) atoms. The molecule has 4 rings (SSSR count). The summed E-state index contributed by atoms with van der Waals surface area (Å²) in [5, 5.41) is 3.97. The van der Waals surface area contributed by atoms with E-state index in [2.05, 4.69) is 51.3 Å². The van der Waals surface area contributed by atoms with Gasteiger partial charge in [0.25, 0.3) is 0 Å². The number of nitrogens with zero attached hydrogens (tertiary/aromatic N) is 4. The molecule has 1 aliphatic rings. The zero-order valence-corrected chi connectivity index (χ0v) is 17.3. The van der Waals surface area contributed by atoms with Crippen molar-refractivity contribution >= 4 is 5.97 Å². The molecular formula is C25H24N4O2. The summed E-state index contributed by atoms with van der Waals surface area (Å²) in [6.07, 6.45) is 0.408. The Bertz CT molecular complexity index is 970. The minimum Gasteiger partial charge on any atom is -0.468 e. The first-order chi connectivity index (χ1) is 15.2. The van der Waals surface area contributed by atoms with Crippen LogP contribution in [0.3, 0.4) is 0 Å². The van der Waals surface area contributed by atoms with Crippen LogP contribution in [0, 0.1) is 0 Å². The normalized spacial score (nSPS) is 18.9. The third-order valence-corrected chi connectivity index (χ3v) is 5.97. The van der Waals surface area contributed by atoms with Crippen LogP contribution in [0.2, 0.25) is 0 Å². The van der Waals surface area contributed by atoms with E-state index in [-0.39, 0.29) is 12.0 Å². The van der Waals surface area contributed by atoms with Crippen molar-refractivity contribution in [3.63, 3.8) is 0 Å². The molecule has 1 fully saturated rings. The third kappa shape index (κ3) is 3.67. The van der Waals surface area contributed by atoms with Gasteiger partial charge in [0.05, 0.1) is 18.7 Å². The maximum absolute atomic E-state index is 12.9. The number of benzene rings is 3. The molecule has 0 unspecified atom stereocenters. The molecule has 156 valence electrons. The average molecular weight is 412 g/mol. The smallest absolute Gasteiger partial charge is 0.323 e. The Morgan fingerprint density at radius 2 is 1.39 bits per heavy atom. The summed E-state index contributed by atoms with van der Waals surface area (Å²) in [5.41, 5.74) is 11.4. The van der Waals surface area contributed by atoms with Gasteiger partial charge in [-0.3, -0.25) is 9.69 Å². The van der Waals surface area contributed by atoms with Crippen LogP contribution in [-0.2, 0) is 15.1 Å². The molecule has 0 amide bonds. The van der Waals surface area contributed by atoms with Gasteiger partial charge in [-0.05, 0) is 28.6 Å². The summed E-state index contributed by atoms with van der Waals surface area (Å²) in [5.74, 6) is -0.331. The molecule has 0 spiro atoms. The summed E-state index contributed by atoms with van der Waals surface area (Å²) in [6.45, 7) is 0.433. The second kappa shape index (κ2) is 9.04. The average Bonchev–Trinajstić information content (AvgIpc) is 3.25. The second-order valence-corrected chi connectivity index (χ2v) is 7.59. The standard InChI is InChI=1S/C25H24N4O2/c1-31-24(30)23-17-22(27-28-26)18-29(23)25(19-11-5-2-6-12-19,20-13-7-3-8-14-20)21-15-9-4-10-16-21/h2-16,22-23H,17-18H2,1H3/t22-,23+/m1/s1. The number of hydrogen-bond acceptors (Lipinski definition) is 4. The van der Waals surface area contributed by atoms with Crippen LogP contribution in [-0.4, -0.2) is 36.6 Å². The zero-order valence-electron chi connectivity index (χ0n) is 17.3. The lowest BCUT2D eigenvalue weighted by atomic mass is 9.75. The molecule has 6 nitrogen and oxygen atoms in total. The highest BCUT2D eigenvalue weighted by Gasteiger charge is 2.51. The van der Waals surface area contributed by atoms with Crippen molar-refractivity contribution in [1.29, 1.82) is 0 Å². The molecule has 2 atom stereocenters. The monoisotopic (exact) mass is 412 g/mol. The van der Waals surface area contributed by atoms with Crippen molar-refractivity contribution < 1.29 is 9.53 Å². The molecule has 0 aliphatic carbocycles. The van der Waals surface area contributed by atoms with Gasteiger partial charge in [-0.1, -0.05) is 96.1 Å². The highest BCUT2D eigenvalue weighted by atomic mass is 16.5. The lowest BCUT2D eigenvalue weighted by Crippen LogP contribution is -2.53. The van der Waals surface area contributed by atoms with E-state index < -0.39 is 11.6 Å². The van der Waals surface area contributed by atoms with Gasteiger partial charge in [0, 0.05) is 11.5 Å². The molecule has 0 N–H and O–H groups in total. The number of hydrogen-bond donors (Lipinski definition) is 0. The molecule has 3 aromatic carbocycles. The fourth-order valence-corrected chi connectivity index (χ4v) is 4.74. The summed E-state index contributed by atoms with van der Waals surface area (Å²) >= 11 is 0. The topological polar surface area (TPSA) is 78.3 Å². The number of carbonyl (C=O) groups is 1. The summed E-state index contributed by atoms with van der Waals surface area (Å²) < 4.78 is 5.18. The molecule has 0 bridgehead atoms. The summed E-state index contributed by atoms with van der Waals surface area (Å²) in [6, 6.07) is 29.6. The fourth-order valence-electron chi connectivity index (χ4n) is 4.74. The molecule has 0 aromatic heterocycles. The van der Waals surface area contributed by atoms with Crippen LogP contribution in [0.15, 0.2) is 96.1 Å². The Labute approximate surface area is 181 Å². The van der Waals surface area contributed by atoms with E-state index in [1.165, 1.54) is 7.11 Å². The molecule has 6 heteroatoms. The van der Waals surface area contributed by atoms with Crippen LogP contribution in [0.5, 0.6) is 0 Å². The fraction of sp³-hybridized carbons (Fsp3) is 0.240. The van der Waals surface area contributed by atoms with Crippen molar-refractivity contribution in [2.75, 3.05) is 13.7 Å². The Balaban J connectivity index is 2.04. The number of carbonyl (C=O) groups excluding carboxylic acids is 1. The van der Waals surface area contributed by atoms with Gasteiger partial charge in [0.1, 0.15) is 6.04 Å². The van der Waals surface area contributed by atoms with Gasteiger partial charge in [0.15, 0.2) is 0 Å². The first-order valence-electron chi connectivity index (χ1n) is 10.3. The van der Waals surface area contributed by atoms with Crippen molar-refractivity contribution in [3.8, 4) is 0 Å². The van der Waals surface area contributed by atoms with Crippen LogP contribution in [0.4, 0.5) is 0 Å². The molecular weight excluding hydrogens is 388 g/mol. The van der Waals surface area contributed by atoms with Crippen molar-refractivity contribution in [3.05, 3.63) is 118 Å². The number of likely N-dealkylation sites (tertiary alicyclic amines) is 1. The van der Waals surface area contributed by atoms with Crippen LogP contribution in [0.1, 0.15) is 23.1 Å². The van der Waals surface area contributed by atoms with Gasteiger partial charge in [-0.25, -0.2) is 0 Å².